The highest BCUT2D eigenvalue weighted by atomic mass is 16.4. The second-order valence-electron chi connectivity index (χ2n) is 5.26. The van der Waals surface area contributed by atoms with Crippen molar-refractivity contribution in [2.75, 3.05) is 0 Å². The number of carboxylic acids is 1. The van der Waals surface area contributed by atoms with Crippen molar-refractivity contribution in [1.82, 2.24) is 4.98 Å². The van der Waals surface area contributed by atoms with Gasteiger partial charge in [-0.25, -0.2) is 0 Å². The van der Waals surface area contributed by atoms with Crippen molar-refractivity contribution in [3.63, 3.8) is 0 Å². The van der Waals surface area contributed by atoms with Crippen LogP contribution in [0, 0.1) is 0 Å². The molecule has 2 N–H and O–H groups in total. The van der Waals surface area contributed by atoms with Crippen LogP contribution in [-0.4, -0.2) is 16.1 Å². The van der Waals surface area contributed by atoms with Crippen molar-refractivity contribution >= 4 is 29.0 Å². The summed E-state index contributed by atoms with van der Waals surface area (Å²) in [6.07, 6.45) is 6.84. The van der Waals surface area contributed by atoms with Gasteiger partial charge in [0, 0.05) is 23.5 Å². The number of nitrogens with one attached hydrogen (secondary N) is 1. The Morgan fingerprint density at radius 3 is 2.68 bits per heavy atom. The fraction of sp³-hybridized carbons (Fsp3) is 0.105. The van der Waals surface area contributed by atoms with Crippen LogP contribution in [0.5, 0.6) is 0 Å². The fourth-order valence-electron chi connectivity index (χ4n) is 2.48. The first-order valence-corrected chi connectivity index (χ1v) is 7.27. The SMILES string of the molecule is O=C(O)CCc1ccc2[nH]cc(C=Cc3ccccc3)c2c1. The van der Waals surface area contributed by atoms with Crippen molar-refractivity contribution in [3.8, 4) is 0 Å². The molecule has 0 fully saturated rings. The van der Waals surface area contributed by atoms with E-state index in [0.717, 1.165) is 27.6 Å². The Labute approximate surface area is 128 Å². The molecule has 0 aliphatic heterocycles. The molecule has 0 spiro atoms. The van der Waals surface area contributed by atoms with Crippen LogP contribution in [0.2, 0.25) is 0 Å². The number of aromatic nitrogens is 1. The first-order chi connectivity index (χ1) is 10.7. The number of aryl methyl sites for hydroxylation is 1. The molecule has 0 aliphatic carbocycles. The van der Waals surface area contributed by atoms with Crippen molar-refractivity contribution < 1.29 is 9.90 Å². The number of benzene rings is 2. The van der Waals surface area contributed by atoms with Gasteiger partial charge >= 0.3 is 5.97 Å². The van der Waals surface area contributed by atoms with Gasteiger partial charge in [-0.05, 0) is 35.2 Å². The highest BCUT2D eigenvalue weighted by Gasteiger charge is 2.04. The van der Waals surface area contributed by atoms with Crippen molar-refractivity contribution in [2.45, 2.75) is 12.8 Å². The lowest BCUT2D eigenvalue weighted by molar-refractivity contribution is -0.136. The number of fused-ring (bicyclic) bond motifs is 1. The normalized spacial score (nSPS) is 11.3. The van der Waals surface area contributed by atoms with Gasteiger partial charge in [-0.2, -0.15) is 0 Å². The predicted octanol–water partition coefficient (Wildman–Crippen LogP) is 4.36. The van der Waals surface area contributed by atoms with E-state index in [1.807, 2.05) is 36.5 Å². The minimum Gasteiger partial charge on any atom is -0.481 e. The van der Waals surface area contributed by atoms with Gasteiger partial charge < -0.3 is 10.1 Å². The third-order valence-electron chi connectivity index (χ3n) is 3.66. The van der Waals surface area contributed by atoms with Crippen LogP contribution >= 0.6 is 0 Å². The maximum absolute atomic E-state index is 10.7. The largest absolute Gasteiger partial charge is 0.481 e. The predicted molar refractivity (Wildman–Crippen MR) is 89.6 cm³/mol. The van der Waals surface area contributed by atoms with E-state index in [0.29, 0.717) is 6.42 Å². The van der Waals surface area contributed by atoms with E-state index in [1.165, 1.54) is 0 Å². The number of carboxylic acid groups (broad SMARTS) is 1. The summed E-state index contributed by atoms with van der Waals surface area (Å²) in [7, 11) is 0. The Balaban J connectivity index is 1.88. The van der Waals surface area contributed by atoms with Crippen LogP contribution in [0.25, 0.3) is 23.1 Å². The maximum Gasteiger partial charge on any atom is 0.303 e. The van der Waals surface area contributed by atoms with Gasteiger partial charge in [0.1, 0.15) is 0 Å². The Morgan fingerprint density at radius 1 is 1.09 bits per heavy atom. The molecular weight excluding hydrogens is 274 g/mol. The molecule has 3 nitrogen and oxygen atoms in total. The number of aromatic amines is 1. The Kier molecular flexibility index (Phi) is 4.05. The molecule has 0 aliphatic rings. The molecular formula is C19H17NO2. The molecule has 0 bridgehead atoms. The van der Waals surface area contributed by atoms with Gasteiger partial charge in [0.2, 0.25) is 0 Å². The first kappa shape index (κ1) is 14.1. The van der Waals surface area contributed by atoms with E-state index in [4.69, 9.17) is 5.11 Å². The maximum atomic E-state index is 10.7. The molecule has 0 unspecified atom stereocenters. The second-order valence-corrected chi connectivity index (χ2v) is 5.26. The smallest absolute Gasteiger partial charge is 0.303 e. The number of aliphatic carboxylic acids is 1. The topological polar surface area (TPSA) is 53.1 Å². The van der Waals surface area contributed by atoms with E-state index < -0.39 is 5.97 Å². The van der Waals surface area contributed by atoms with Crippen molar-refractivity contribution in [3.05, 3.63) is 71.4 Å². The van der Waals surface area contributed by atoms with Crippen LogP contribution in [0.1, 0.15) is 23.1 Å². The summed E-state index contributed by atoms with van der Waals surface area (Å²) >= 11 is 0. The van der Waals surface area contributed by atoms with E-state index in [2.05, 4.69) is 35.3 Å². The molecule has 22 heavy (non-hydrogen) atoms. The number of rotatable bonds is 5. The average Bonchev–Trinajstić information content (AvgIpc) is 2.94. The molecule has 0 amide bonds. The summed E-state index contributed by atoms with van der Waals surface area (Å²) in [5.41, 5.74) is 4.37. The Hall–Kier alpha value is -2.81. The lowest BCUT2D eigenvalue weighted by atomic mass is 10.0. The molecule has 1 aromatic heterocycles. The van der Waals surface area contributed by atoms with E-state index in [-0.39, 0.29) is 6.42 Å². The van der Waals surface area contributed by atoms with Crippen molar-refractivity contribution in [2.24, 2.45) is 0 Å². The zero-order valence-corrected chi connectivity index (χ0v) is 12.1. The van der Waals surface area contributed by atoms with Gasteiger partial charge in [0.15, 0.2) is 0 Å². The van der Waals surface area contributed by atoms with Crippen LogP contribution in [0.15, 0.2) is 54.7 Å². The van der Waals surface area contributed by atoms with Crippen LogP contribution in [0.4, 0.5) is 0 Å². The summed E-state index contributed by atoms with van der Waals surface area (Å²) < 4.78 is 0. The number of carbonyl (C=O) groups is 1. The van der Waals surface area contributed by atoms with Gasteiger partial charge in [0.05, 0.1) is 0 Å². The highest BCUT2D eigenvalue weighted by molar-refractivity contribution is 5.92. The molecule has 110 valence electrons. The molecule has 3 heteroatoms. The fourth-order valence-corrected chi connectivity index (χ4v) is 2.48. The monoisotopic (exact) mass is 291 g/mol. The van der Waals surface area contributed by atoms with Gasteiger partial charge in [-0.15, -0.1) is 0 Å². The van der Waals surface area contributed by atoms with E-state index >= 15 is 0 Å². The molecule has 0 saturated carbocycles. The van der Waals surface area contributed by atoms with Crippen molar-refractivity contribution in [1.29, 1.82) is 0 Å². The molecule has 0 atom stereocenters. The van der Waals surface area contributed by atoms with E-state index in [9.17, 15) is 4.79 Å². The molecule has 3 aromatic rings. The van der Waals surface area contributed by atoms with Gasteiger partial charge in [-0.1, -0.05) is 48.6 Å². The Bertz CT molecular complexity index is 816. The van der Waals surface area contributed by atoms with Crippen LogP contribution < -0.4 is 0 Å². The lowest BCUT2D eigenvalue weighted by Crippen LogP contribution is -1.97. The van der Waals surface area contributed by atoms with Crippen LogP contribution in [-0.2, 0) is 11.2 Å². The lowest BCUT2D eigenvalue weighted by Gasteiger charge is -2.00. The summed E-state index contributed by atoms with van der Waals surface area (Å²) in [6.45, 7) is 0. The number of H-pyrrole nitrogens is 1. The molecule has 1 heterocycles. The summed E-state index contributed by atoms with van der Waals surface area (Å²) in [5, 5.41) is 9.92. The third-order valence-corrected chi connectivity index (χ3v) is 3.66. The highest BCUT2D eigenvalue weighted by Crippen LogP contribution is 2.22. The number of hydrogen-bond donors (Lipinski definition) is 2. The molecule has 0 radical (unpaired) electrons. The average molecular weight is 291 g/mol. The quantitative estimate of drug-likeness (QED) is 0.734. The van der Waals surface area contributed by atoms with Gasteiger partial charge in [-0.3, -0.25) is 4.79 Å². The molecule has 3 rings (SSSR count). The number of hydrogen-bond acceptors (Lipinski definition) is 1. The minimum atomic E-state index is -0.765. The third kappa shape index (κ3) is 3.26. The molecule has 0 saturated heterocycles. The first-order valence-electron chi connectivity index (χ1n) is 7.27. The summed E-state index contributed by atoms with van der Waals surface area (Å²) in [6, 6.07) is 16.2. The molecule has 2 aromatic carbocycles. The zero-order valence-electron chi connectivity index (χ0n) is 12.1. The zero-order chi connectivity index (χ0) is 15.4. The van der Waals surface area contributed by atoms with Crippen LogP contribution in [0.3, 0.4) is 0 Å². The minimum absolute atomic E-state index is 0.158. The Morgan fingerprint density at radius 2 is 1.91 bits per heavy atom. The summed E-state index contributed by atoms with van der Waals surface area (Å²) in [5.74, 6) is -0.765. The summed E-state index contributed by atoms with van der Waals surface area (Å²) in [4.78, 5) is 13.9. The second kappa shape index (κ2) is 6.31. The standard InChI is InChI=1S/C19H17NO2/c21-19(22)11-8-15-7-10-18-17(12-15)16(13-20-18)9-6-14-4-2-1-3-5-14/h1-7,9-10,12-13,20H,8,11H2,(H,21,22). The van der Waals surface area contributed by atoms with Gasteiger partial charge in [0.25, 0.3) is 0 Å². The van der Waals surface area contributed by atoms with E-state index in [1.54, 1.807) is 0 Å².